The van der Waals surface area contributed by atoms with E-state index in [4.69, 9.17) is 15.1 Å². The zero-order valence-corrected chi connectivity index (χ0v) is 43.7. The molecule has 4 rings (SSSR count). The zero-order chi connectivity index (χ0) is 57.0. The van der Waals surface area contributed by atoms with E-state index in [1.807, 2.05) is 12.1 Å². The molecule has 3 atom stereocenters. The van der Waals surface area contributed by atoms with Crippen LogP contribution in [0.5, 0.6) is 0 Å². The summed E-state index contributed by atoms with van der Waals surface area (Å²) in [7, 11) is 0. The van der Waals surface area contributed by atoms with Gasteiger partial charge in [0.1, 0.15) is 17.9 Å². The number of urea groups is 1. The second-order valence-corrected chi connectivity index (χ2v) is 19.2. The third-order valence-electron chi connectivity index (χ3n) is 13.1. The molecule has 1 aromatic heterocycles. The lowest BCUT2D eigenvalue weighted by Gasteiger charge is -2.37. The lowest BCUT2D eigenvalue weighted by atomic mass is 10.0. The Morgan fingerprint density at radius 2 is 1.13 bits per heavy atom. The van der Waals surface area contributed by atoms with E-state index in [0.717, 1.165) is 49.2 Å². The van der Waals surface area contributed by atoms with Crippen molar-refractivity contribution in [1.82, 2.24) is 50.5 Å². The van der Waals surface area contributed by atoms with Crippen molar-refractivity contribution in [2.24, 2.45) is 0 Å². The molecule has 0 saturated carbocycles. The van der Waals surface area contributed by atoms with E-state index >= 15 is 0 Å². The average Bonchev–Trinajstić information content (AvgIpc) is 3.38. The van der Waals surface area contributed by atoms with Crippen molar-refractivity contribution in [2.45, 2.75) is 102 Å². The van der Waals surface area contributed by atoms with Gasteiger partial charge in [-0.1, -0.05) is 37.8 Å². The van der Waals surface area contributed by atoms with E-state index in [9.17, 15) is 73.8 Å². The molecule has 2 saturated heterocycles. The Labute approximate surface area is 450 Å². The van der Waals surface area contributed by atoms with Gasteiger partial charge in [0.05, 0.1) is 19.6 Å². The molecule has 1 aromatic carbocycles. The standard InChI is InChI=1S/C49H75N13O16/c63-36(9-5-6-10-37(43(72)73)53-48(76)54-38(44(74)75)15-16-39(64)65)8-4-2-1-3-7-17-51-45-55-46(57-47(56-45)60-20-18-50-19-21-60)52-34-13-11-33(12-14-34)28-35-29-62(49(77)78)27-25-59(31-41(68)69)23-22-58(30-40(66)67)24-26-61(35)32-42(70)71/h11-14,35,37-38,50H,1-10,15-32H2,(H,64,65)(H,66,67)(H,68,69)(H,70,71)(H,72,73)(H,74,75)(H,77,78)(H2,53,54,76)(H2,51,52,55,56,57)/t35?,37-,38-/m0/s1. The first-order valence-corrected chi connectivity index (χ1v) is 26.1. The molecule has 2 fully saturated rings. The monoisotopic (exact) mass is 1100 g/mol. The molecule has 3 heterocycles. The molecule has 432 valence electrons. The van der Waals surface area contributed by atoms with Crippen LogP contribution in [0.1, 0.15) is 82.6 Å². The van der Waals surface area contributed by atoms with Gasteiger partial charge in [0.15, 0.2) is 0 Å². The van der Waals surface area contributed by atoms with Gasteiger partial charge >= 0.3 is 47.9 Å². The number of unbranched alkanes of at least 4 members (excludes halogenated alkanes) is 5. The second-order valence-electron chi connectivity index (χ2n) is 19.2. The molecule has 29 nitrogen and oxygen atoms in total. The number of ketones is 1. The summed E-state index contributed by atoms with van der Waals surface area (Å²) in [5.41, 5.74) is 1.39. The summed E-state index contributed by atoms with van der Waals surface area (Å²) in [6, 6.07) is 2.69. The maximum absolute atomic E-state index is 12.5. The fourth-order valence-electron chi connectivity index (χ4n) is 8.88. The van der Waals surface area contributed by atoms with Crippen molar-refractivity contribution in [3.8, 4) is 0 Å². The quantitative estimate of drug-likeness (QED) is 0.0455. The van der Waals surface area contributed by atoms with Crippen LogP contribution in [-0.4, -0.2) is 240 Å². The van der Waals surface area contributed by atoms with E-state index in [0.29, 0.717) is 62.9 Å². The van der Waals surface area contributed by atoms with Gasteiger partial charge in [0, 0.05) is 110 Å². The van der Waals surface area contributed by atoms with Gasteiger partial charge < -0.3 is 72.1 Å². The summed E-state index contributed by atoms with van der Waals surface area (Å²) in [5, 5.41) is 81.0. The Bertz CT molecular complexity index is 2310. The molecular formula is C49H75N13O16. The molecule has 3 amide bonds. The number of nitrogens with zero attached hydrogens (tertiary/aromatic N) is 8. The second kappa shape index (κ2) is 33.6. The fraction of sp³-hybridized carbons (Fsp3) is 0.633. The number of aromatic nitrogens is 3. The fourth-order valence-corrected chi connectivity index (χ4v) is 8.88. The van der Waals surface area contributed by atoms with E-state index < -0.39 is 79.0 Å². The van der Waals surface area contributed by atoms with Crippen LogP contribution in [-0.2, 0) is 40.0 Å². The Morgan fingerprint density at radius 3 is 1.72 bits per heavy atom. The normalized spacial score (nSPS) is 16.8. The first-order valence-electron chi connectivity index (χ1n) is 26.1. The molecule has 2 aliphatic heterocycles. The SMILES string of the molecule is O=C(O)CC[C@H](NC(=O)N[C@@H](CCCCC(=O)CCCCCCCNc1nc(Nc2ccc(CC3CN(C(=O)O)CCN(CC(=O)O)CCN(CC(=O)O)CCN3CC(=O)O)cc2)nc(N2CCNCC2)n1)C(=O)O)C(=O)O. The minimum atomic E-state index is -1.51. The van der Waals surface area contributed by atoms with Gasteiger partial charge in [-0.3, -0.25) is 38.7 Å². The van der Waals surface area contributed by atoms with Crippen LogP contribution in [0.15, 0.2) is 24.3 Å². The summed E-state index contributed by atoms with van der Waals surface area (Å²) in [6.45, 7) is 2.73. The molecular weight excluding hydrogens is 1030 g/mol. The van der Waals surface area contributed by atoms with Gasteiger partial charge in [0.2, 0.25) is 17.8 Å². The highest BCUT2D eigenvalue weighted by molar-refractivity contribution is 5.86. The molecule has 0 radical (unpaired) electrons. The molecule has 0 spiro atoms. The third-order valence-corrected chi connectivity index (χ3v) is 13.1. The number of aliphatic carboxylic acids is 6. The number of rotatable bonds is 32. The van der Waals surface area contributed by atoms with Crippen LogP contribution in [0, 0.1) is 0 Å². The topological polar surface area (TPSA) is 410 Å². The maximum atomic E-state index is 12.5. The van der Waals surface area contributed by atoms with E-state index in [2.05, 4.69) is 36.5 Å². The zero-order valence-electron chi connectivity index (χ0n) is 43.7. The first kappa shape index (κ1) is 63.0. The number of Topliss-reactive ketones (excluding diaryl/α,β-unsaturated/α-hetero) is 1. The number of carboxylic acid groups (broad SMARTS) is 7. The number of carbonyl (C=O) groups is 9. The summed E-state index contributed by atoms with van der Waals surface area (Å²) >= 11 is 0. The number of amides is 3. The number of hydrogen-bond acceptors (Lipinski definition) is 19. The van der Waals surface area contributed by atoms with Gasteiger partial charge in [-0.05, 0) is 56.2 Å². The van der Waals surface area contributed by atoms with E-state index in [1.165, 1.54) is 0 Å². The molecule has 78 heavy (non-hydrogen) atoms. The lowest BCUT2D eigenvalue weighted by molar-refractivity contribution is -0.141. The summed E-state index contributed by atoms with van der Waals surface area (Å²) in [4.78, 5) is 129. The largest absolute Gasteiger partial charge is 0.481 e. The Kier molecular flexibility index (Phi) is 27.2. The van der Waals surface area contributed by atoms with Gasteiger partial charge in [-0.2, -0.15) is 15.0 Å². The van der Waals surface area contributed by atoms with Gasteiger partial charge in [-0.25, -0.2) is 19.2 Å². The van der Waals surface area contributed by atoms with Gasteiger partial charge in [-0.15, -0.1) is 0 Å². The van der Waals surface area contributed by atoms with Crippen LogP contribution in [0.25, 0.3) is 0 Å². The highest BCUT2D eigenvalue weighted by Crippen LogP contribution is 2.21. The van der Waals surface area contributed by atoms with Crippen molar-refractivity contribution < 1.29 is 78.9 Å². The molecule has 2 aromatic rings. The number of hydrogen-bond donors (Lipinski definition) is 12. The van der Waals surface area contributed by atoms with E-state index in [-0.39, 0.29) is 96.3 Å². The predicted octanol–water partition coefficient (Wildman–Crippen LogP) is 1.04. The Hall–Kier alpha value is -7.50. The smallest absolute Gasteiger partial charge is 0.407 e. The van der Waals surface area contributed by atoms with Crippen molar-refractivity contribution in [1.29, 1.82) is 0 Å². The van der Waals surface area contributed by atoms with Crippen LogP contribution < -0.4 is 31.5 Å². The molecule has 0 aliphatic carbocycles. The van der Waals surface area contributed by atoms with Crippen molar-refractivity contribution in [2.75, 3.05) is 114 Å². The number of carboxylic acids is 6. The number of benzene rings is 1. The van der Waals surface area contributed by atoms with Crippen molar-refractivity contribution in [3.63, 3.8) is 0 Å². The van der Waals surface area contributed by atoms with Crippen molar-refractivity contribution in [3.05, 3.63) is 29.8 Å². The molecule has 29 heteroatoms. The molecule has 2 aliphatic rings. The molecule has 12 N–H and O–H groups in total. The summed E-state index contributed by atoms with van der Waals surface area (Å²) in [5.74, 6) is -6.21. The Balaban J connectivity index is 1.29. The highest BCUT2D eigenvalue weighted by atomic mass is 16.4. The minimum Gasteiger partial charge on any atom is -0.481 e. The predicted molar refractivity (Wildman–Crippen MR) is 280 cm³/mol. The van der Waals surface area contributed by atoms with Crippen LogP contribution in [0.3, 0.4) is 0 Å². The van der Waals surface area contributed by atoms with Crippen LogP contribution in [0.2, 0.25) is 0 Å². The number of anilines is 4. The lowest BCUT2D eigenvalue weighted by Crippen LogP contribution is -2.53. The molecule has 0 bridgehead atoms. The minimum absolute atomic E-state index is 0.00715. The highest BCUT2D eigenvalue weighted by Gasteiger charge is 2.29. The van der Waals surface area contributed by atoms with Crippen LogP contribution in [0.4, 0.5) is 33.1 Å². The number of piperazine rings is 1. The van der Waals surface area contributed by atoms with E-state index in [1.54, 1.807) is 26.8 Å². The first-order chi connectivity index (χ1) is 37.2. The Morgan fingerprint density at radius 1 is 0.577 bits per heavy atom. The number of nitrogens with one attached hydrogen (secondary N) is 5. The summed E-state index contributed by atoms with van der Waals surface area (Å²) < 4.78 is 0. The van der Waals surface area contributed by atoms with Crippen LogP contribution >= 0.6 is 0 Å². The van der Waals surface area contributed by atoms with Crippen molar-refractivity contribution >= 4 is 77.3 Å². The third kappa shape index (κ3) is 24.7. The summed E-state index contributed by atoms with van der Waals surface area (Å²) in [6.07, 6.45) is 3.50. The maximum Gasteiger partial charge on any atom is 0.407 e. The van der Waals surface area contributed by atoms with Gasteiger partial charge in [0.25, 0.3) is 0 Å². The number of carbonyl (C=O) groups excluding carboxylic acids is 2. The molecule has 1 unspecified atom stereocenters. The average molecular weight is 1100 g/mol.